The zero-order valence-electron chi connectivity index (χ0n) is 46.5. The molecule has 15 rings (SSSR count). The van der Waals surface area contributed by atoms with Gasteiger partial charge in [0.1, 0.15) is 0 Å². The van der Waals surface area contributed by atoms with Gasteiger partial charge in [-0.1, -0.05) is 224 Å². The summed E-state index contributed by atoms with van der Waals surface area (Å²) in [6.07, 6.45) is 0. The number of fused-ring (bicyclic) bond motifs is 8. The number of hydrogen-bond acceptors (Lipinski definition) is 2. The molecular weight excluding hydrogens is 943 g/mol. The smallest absolute Gasteiger partial charge is 0.0714 e. The molecule has 0 unspecified atom stereocenters. The van der Waals surface area contributed by atoms with Crippen LogP contribution in [-0.2, 0) is 5.41 Å². The van der Waals surface area contributed by atoms with Gasteiger partial charge in [-0.25, -0.2) is 0 Å². The molecule has 0 bridgehead atoms. The highest BCUT2D eigenvalue weighted by atomic mass is 15.2. The molecule has 1 aliphatic carbocycles. The van der Waals surface area contributed by atoms with Gasteiger partial charge in [0.25, 0.3) is 0 Å². The minimum Gasteiger partial charge on any atom is -0.310 e. The van der Waals surface area contributed by atoms with Gasteiger partial charge in [0.15, 0.2) is 0 Å². The maximum Gasteiger partial charge on any atom is 0.0714 e. The van der Waals surface area contributed by atoms with E-state index in [4.69, 9.17) is 0 Å². The topological polar surface area (TPSA) is 11.4 Å². The third kappa shape index (κ3) is 7.20. The van der Waals surface area contributed by atoms with Crippen molar-refractivity contribution in [3.8, 4) is 27.9 Å². The highest BCUT2D eigenvalue weighted by molar-refractivity contribution is 6.11. The number of anilines is 6. The van der Waals surface area contributed by atoms with Gasteiger partial charge in [0, 0.05) is 50.3 Å². The van der Waals surface area contributed by atoms with Gasteiger partial charge < -0.3 is 14.4 Å². The first kappa shape index (κ1) is 41.1. The van der Waals surface area contributed by atoms with Crippen LogP contribution in [0.15, 0.2) is 309 Å². The Labute approximate surface area is 460 Å². The number of para-hydroxylation sites is 3. The molecule has 14 aromatic rings. The molecule has 0 fully saturated rings. The third-order valence-corrected chi connectivity index (χ3v) is 15.9. The number of hydrogen-bond donors (Lipinski definition) is 0. The van der Waals surface area contributed by atoms with E-state index in [0.29, 0.717) is 16.9 Å². The Kier molecular flexibility index (Phi) is 9.77. The average molecular weight is 998 g/mol. The van der Waals surface area contributed by atoms with E-state index in [1.807, 2.05) is 83.8 Å². The fraction of sp³-hybridized carbons (Fsp3) is 0.0133. The van der Waals surface area contributed by atoms with Gasteiger partial charge in [-0.2, -0.15) is 0 Å². The van der Waals surface area contributed by atoms with E-state index < -0.39 is 5.41 Å². The summed E-state index contributed by atoms with van der Waals surface area (Å²) in [6, 6.07) is 98.8. The molecule has 1 heterocycles. The second-order valence-corrected chi connectivity index (χ2v) is 20.1. The Bertz CT molecular complexity index is 4740. The van der Waals surface area contributed by atoms with Gasteiger partial charge >= 0.3 is 0 Å². The van der Waals surface area contributed by atoms with E-state index in [-0.39, 0.29) is 35.4 Å². The van der Waals surface area contributed by atoms with Crippen LogP contribution in [0.5, 0.6) is 0 Å². The molecule has 0 atom stereocenters. The van der Waals surface area contributed by atoms with Crippen LogP contribution in [0.25, 0.3) is 71.3 Å². The Hall–Kier alpha value is -10.2. The maximum atomic E-state index is 10.0. The molecule has 0 saturated heterocycles. The van der Waals surface area contributed by atoms with E-state index in [1.54, 1.807) is 0 Å². The number of nitrogens with zero attached hydrogens (tertiary/aromatic N) is 3. The molecule has 3 heteroatoms. The van der Waals surface area contributed by atoms with Crippen molar-refractivity contribution < 1.29 is 5.48 Å². The molecule has 366 valence electrons. The van der Waals surface area contributed by atoms with Crippen LogP contribution >= 0.6 is 0 Å². The summed E-state index contributed by atoms with van der Waals surface area (Å²) in [7, 11) is 0. The van der Waals surface area contributed by atoms with Gasteiger partial charge in [0.05, 0.1) is 27.6 Å². The van der Waals surface area contributed by atoms with E-state index in [2.05, 4.69) is 216 Å². The monoisotopic (exact) mass is 997 g/mol. The predicted octanol–water partition coefficient (Wildman–Crippen LogP) is 20.1. The Morgan fingerprint density at radius 3 is 1.64 bits per heavy atom. The van der Waals surface area contributed by atoms with E-state index in [9.17, 15) is 5.48 Å². The van der Waals surface area contributed by atoms with Gasteiger partial charge in [-0.15, -0.1) is 0 Å². The van der Waals surface area contributed by atoms with Crippen molar-refractivity contribution in [3.63, 3.8) is 0 Å². The standard InChI is InChI=1S/C75H51N3/c1-5-23-55(24-6-1)75(56-25-7-2-8-26-56)70-36-17-15-31-65(70)66-47-45-61(50-71(66)75)77(60-44-39-52-21-13-14-22-54(52)49-60)72-38-20-34-64-63(33-19-35-67(64)72)53-40-42-59(43-41-53)76(57-27-9-3-10-28-57)62-46-48-69-68-32-16-18-37-73(68)78(74(69)51-62)58-29-11-4-12-30-58/h1-51H/i40D,41D,42D,43D. The molecular formula is C75H51N3. The molecule has 78 heavy (non-hydrogen) atoms. The number of aromatic nitrogens is 1. The molecule has 1 aliphatic rings. The highest BCUT2D eigenvalue weighted by Gasteiger charge is 2.46. The summed E-state index contributed by atoms with van der Waals surface area (Å²) >= 11 is 0. The Morgan fingerprint density at radius 2 is 0.859 bits per heavy atom. The summed E-state index contributed by atoms with van der Waals surface area (Å²) in [5.41, 5.74) is 14.8. The predicted molar refractivity (Wildman–Crippen MR) is 328 cm³/mol. The molecule has 1 aromatic heterocycles. The molecule has 0 amide bonds. The Morgan fingerprint density at radius 1 is 0.308 bits per heavy atom. The van der Waals surface area contributed by atoms with Crippen LogP contribution in [-0.4, -0.2) is 4.57 Å². The van der Waals surface area contributed by atoms with Crippen LogP contribution in [0.4, 0.5) is 34.1 Å². The second kappa shape index (κ2) is 18.6. The summed E-state index contributed by atoms with van der Waals surface area (Å²) in [6.45, 7) is 0. The zero-order chi connectivity index (χ0) is 55.1. The molecule has 3 nitrogen and oxygen atoms in total. The fourth-order valence-electron chi connectivity index (χ4n) is 12.5. The minimum atomic E-state index is -0.625. The minimum absolute atomic E-state index is 0.128. The third-order valence-electron chi connectivity index (χ3n) is 15.9. The van der Waals surface area contributed by atoms with Crippen LogP contribution in [0, 0.1) is 0 Å². The van der Waals surface area contributed by atoms with Crippen molar-refractivity contribution in [2.24, 2.45) is 0 Å². The van der Waals surface area contributed by atoms with E-state index >= 15 is 0 Å². The van der Waals surface area contributed by atoms with Gasteiger partial charge in [-0.05, 0) is 146 Å². The molecule has 0 aliphatic heterocycles. The SMILES string of the molecule is [2H]c1c([2H])c(N(c2ccccc2)c2ccc3c4ccccc4n(-c4ccccc4)c3c2)c([2H])c([2H])c1-c1cccc2c(N(c3ccc4c(c3)C(c3ccccc3)(c3ccccc3)c3ccccc3-4)c3ccc4ccccc4c3)cccc12. The lowest BCUT2D eigenvalue weighted by Gasteiger charge is -2.35. The van der Waals surface area contributed by atoms with Crippen LogP contribution in [0.1, 0.15) is 27.7 Å². The van der Waals surface area contributed by atoms with Crippen LogP contribution in [0.3, 0.4) is 0 Å². The molecule has 0 radical (unpaired) electrons. The normalized spacial score (nSPS) is 13.2. The quantitative estimate of drug-likeness (QED) is 0.135. The summed E-state index contributed by atoms with van der Waals surface area (Å²) in [5, 5.41) is 6.11. The van der Waals surface area contributed by atoms with E-state index in [0.717, 1.165) is 66.1 Å². The summed E-state index contributed by atoms with van der Waals surface area (Å²) in [4.78, 5) is 4.21. The molecule has 13 aromatic carbocycles. The fourth-order valence-corrected chi connectivity index (χ4v) is 12.5. The van der Waals surface area contributed by atoms with Crippen molar-refractivity contribution in [1.82, 2.24) is 4.57 Å². The lowest BCUT2D eigenvalue weighted by molar-refractivity contribution is 0.768. The number of rotatable bonds is 10. The van der Waals surface area contributed by atoms with Crippen molar-refractivity contribution in [2.45, 2.75) is 5.41 Å². The van der Waals surface area contributed by atoms with Crippen molar-refractivity contribution >= 4 is 77.5 Å². The lowest BCUT2D eigenvalue weighted by atomic mass is 9.67. The summed E-state index contributed by atoms with van der Waals surface area (Å²) < 4.78 is 42.3. The summed E-state index contributed by atoms with van der Waals surface area (Å²) in [5.74, 6) is 0. The van der Waals surface area contributed by atoms with Crippen LogP contribution in [0.2, 0.25) is 0 Å². The first-order valence-corrected chi connectivity index (χ1v) is 26.6. The first-order valence-electron chi connectivity index (χ1n) is 28.6. The molecule has 0 spiro atoms. The Balaban J connectivity index is 0.922. The molecule has 0 N–H and O–H groups in total. The molecule has 0 saturated carbocycles. The number of benzene rings is 13. The van der Waals surface area contributed by atoms with Crippen molar-refractivity contribution in [1.29, 1.82) is 0 Å². The highest BCUT2D eigenvalue weighted by Crippen LogP contribution is 2.57. The van der Waals surface area contributed by atoms with E-state index in [1.165, 1.54) is 33.4 Å². The van der Waals surface area contributed by atoms with Gasteiger partial charge in [-0.3, -0.25) is 0 Å². The maximum absolute atomic E-state index is 10.0. The lowest BCUT2D eigenvalue weighted by Crippen LogP contribution is -2.28. The van der Waals surface area contributed by atoms with Gasteiger partial charge in [0.2, 0.25) is 0 Å². The van der Waals surface area contributed by atoms with Crippen molar-refractivity contribution in [2.75, 3.05) is 9.80 Å². The zero-order valence-corrected chi connectivity index (χ0v) is 42.5. The van der Waals surface area contributed by atoms with Crippen LogP contribution < -0.4 is 9.80 Å². The van der Waals surface area contributed by atoms with Crippen molar-refractivity contribution in [3.05, 3.63) is 332 Å². The average Bonchev–Trinajstić information content (AvgIpc) is 2.07. The first-order chi connectivity index (χ1) is 40.4. The second-order valence-electron chi connectivity index (χ2n) is 20.1. The largest absolute Gasteiger partial charge is 0.310 e.